The van der Waals surface area contributed by atoms with Crippen molar-refractivity contribution in [1.29, 1.82) is 0 Å². The Morgan fingerprint density at radius 3 is 1.88 bits per heavy atom. The quantitative estimate of drug-likeness (QED) is 0.378. The molecule has 0 fully saturated rings. The summed E-state index contributed by atoms with van der Waals surface area (Å²) in [6.07, 6.45) is 0. The van der Waals surface area contributed by atoms with E-state index in [1.54, 1.807) is 31.2 Å². The topological polar surface area (TPSA) is 83.1 Å². The maximum Gasteiger partial charge on any atom is 0.341 e. The van der Waals surface area contributed by atoms with E-state index in [2.05, 4.69) is 5.32 Å². The van der Waals surface area contributed by atoms with Crippen LogP contribution in [-0.2, 0) is 9.53 Å². The fourth-order valence-corrected chi connectivity index (χ4v) is 4.05. The highest BCUT2D eigenvalue weighted by Crippen LogP contribution is 2.37. The van der Waals surface area contributed by atoms with Crippen molar-refractivity contribution in [2.24, 2.45) is 0 Å². The Bertz CT molecular complexity index is 1060. The molecule has 8 heteroatoms. The molecular weight excluding hydrogens is 442 g/mol. The summed E-state index contributed by atoms with van der Waals surface area (Å²) in [5.74, 6) is 1.14. The number of nitrogens with one attached hydrogen (secondary N) is 1. The molecule has 0 saturated carbocycles. The highest BCUT2D eigenvalue weighted by atomic mass is 32.1. The molecule has 1 heterocycles. The van der Waals surface area contributed by atoms with Crippen LogP contribution in [0.2, 0.25) is 0 Å². The first-order valence-corrected chi connectivity index (χ1v) is 11.6. The molecule has 33 heavy (non-hydrogen) atoms. The molecule has 0 spiro atoms. The van der Waals surface area contributed by atoms with Gasteiger partial charge >= 0.3 is 5.97 Å². The molecule has 0 unspecified atom stereocenters. The van der Waals surface area contributed by atoms with Crippen LogP contribution in [0.5, 0.6) is 17.2 Å². The van der Waals surface area contributed by atoms with Gasteiger partial charge in [0.25, 0.3) is 5.91 Å². The second-order valence-electron chi connectivity index (χ2n) is 6.77. The van der Waals surface area contributed by atoms with E-state index in [0.29, 0.717) is 35.1 Å². The molecule has 0 bridgehead atoms. The number of thiophene rings is 1. The SMILES string of the molecule is CCOC(=O)c1c(-c2ccc(OCC)cc2)csc1NC(=O)COc1ccc(OCC)cc1. The number of carbonyl (C=O) groups excluding carboxylic acids is 2. The van der Waals surface area contributed by atoms with Crippen LogP contribution >= 0.6 is 11.3 Å². The fraction of sp³-hybridized carbons (Fsp3) is 0.280. The Morgan fingerprint density at radius 2 is 1.33 bits per heavy atom. The van der Waals surface area contributed by atoms with E-state index in [1.165, 1.54) is 11.3 Å². The van der Waals surface area contributed by atoms with E-state index >= 15 is 0 Å². The minimum absolute atomic E-state index is 0.202. The maximum absolute atomic E-state index is 12.7. The van der Waals surface area contributed by atoms with Crippen LogP contribution in [-0.4, -0.2) is 38.3 Å². The lowest BCUT2D eigenvalue weighted by Crippen LogP contribution is -2.21. The van der Waals surface area contributed by atoms with Crippen molar-refractivity contribution in [1.82, 2.24) is 0 Å². The third-order valence-electron chi connectivity index (χ3n) is 4.50. The number of anilines is 1. The zero-order valence-corrected chi connectivity index (χ0v) is 19.7. The summed E-state index contributed by atoms with van der Waals surface area (Å²) in [7, 11) is 0. The summed E-state index contributed by atoms with van der Waals surface area (Å²) in [4.78, 5) is 25.2. The third kappa shape index (κ3) is 6.49. The van der Waals surface area contributed by atoms with Gasteiger partial charge in [-0.05, 0) is 62.7 Å². The Labute approximate surface area is 197 Å². The van der Waals surface area contributed by atoms with Crippen molar-refractivity contribution in [3.63, 3.8) is 0 Å². The number of benzene rings is 2. The first kappa shape index (κ1) is 24.1. The van der Waals surface area contributed by atoms with Gasteiger partial charge in [0, 0.05) is 10.9 Å². The van der Waals surface area contributed by atoms with Crippen molar-refractivity contribution >= 4 is 28.2 Å². The molecule has 174 valence electrons. The molecule has 0 aliphatic heterocycles. The molecule has 3 rings (SSSR count). The molecule has 0 atom stereocenters. The van der Waals surface area contributed by atoms with Gasteiger partial charge < -0.3 is 24.3 Å². The molecule has 2 aromatic carbocycles. The lowest BCUT2D eigenvalue weighted by molar-refractivity contribution is -0.118. The van der Waals surface area contributed by atoms with E-state index in [1.807, 2.05) is 43.5 Å². The van der Waals surface area contributed by atoms with Gasteiger partial charge in [-0.2, -0.15) is 0 Å². The number of carbonyl (C=O) groups is 2. The van der Waals surface area contributed by atoms with Crippen LogP contribution in [0.1, 0.15) is 31.1 Å². The van der Waals surface area contributed by atoms with Gasteiger partial charge in [-0.15, -0.1) is 11.3 Å². The van der Waals surface area contributed by atoms with Crippen molar-refractivity contribution in [3.8, 4) is 28.4 Å². The second-order valence-corrected chi connectivity index (χ2v) is 7.65. The van der Waals surface area contributed by atoms with Crippen LogP contribution in [0, 0.1) is 0 Å². The van der Waals surface area contributed by atoms with Crippen molar-refractivity contribution in [2.75, 3.05) is 31.7 Å². The van der Waals surface area contributed by atoms with Gasteiger partial charge in [-0.3, -0.25) is 4.79 Å². The lowest BCUT2D eigenvalue weighted by atomic mass is 10.0. The predicted molar refractivity (Wildman–Crippen MR) is 129 cm³/mol. The molecule has 1 N–H and O–H groups in total. The van der Waals surface area contributed by atoms with Crippen molar-refractivity contribution in [3.05, 3.63) is 59.5 Å². The zero-order chi connectivity index (χ0) is 23.6. The van der Waals surface area contributed by atoms with E-state index in [-0.39, 0.29) is 19.1 Å². The molecule has 3 aromatic rings. The molecule has 1 amide bonds. The molecule has 0 saturated heterocycles. The molecule has 7 nitrogen and oxygen atoms in total. The van der Waals surface area contributed by atoms with Crippen molar-refractivity contribution in [2.45, 2.75) is 20.8 Å². The number of esters is 1. The summed E-state index contributed by atoms with van der Waals surface area (Å²) in [5, 5.41) is 5.02. The van der Waals surface area contributed by atoms with Crippen molar-refractivity contribution < 1.29 is 28.5 Å². The average molecular weight is 470 g/mol. The molecule has 0 aliphatic carbocycles. The van der Waals surface area contributed by atoms with Crippen LogP contribution in [0.15, 0.2) is 53.9 Å². The molecule has 0 aliphatic rings. The Kier molecular flexibility index (Phi) is 8.71. The van der Waals surface area contributed by atoms with Crippen LogP contribution < -0.4 is 19.5 Å². The van der Waals surface area contributed by atoms with Gasteiger partial charge in [-0.1, -0.05) is 12.1 Å². The maximum atomic E-state index is 12.7. The van der Waals surface area contributed by atoms with Gasteiger partial charge in [0.15, 0.2) is 6.61 Å². The Morgan fingerprint density at radius 1 is 0.788 bits per heavy atom. The van der Waals surface area contributed by atoms with E-state index in [9.17, 15) is 9.59 Å². The summed E-state index contributed by atoms with van der Waals surface area (Å²) < 4.78 is 21.7. The molecule has 0 radical (unpaired) electrons. The first-order valence-electron chi connectivity index (χ1n) is 10.7. The number of hydrogen-bond acceptors (Lipinski definition) is 7. The minimum atomic E-state index is -0.495. The Balaban J connectivity index is 1.73. The van der Waals surface area contributed by atoms with E-state index in [0.717, 1.165) is 17.1 Å². The van der Waals surface area contributed by atoms with Gasteiger partial charge in [0.05, 0.1) is 19.8 Å². The van der Waals surface area contributed by atoms with Gasteiger partial charge in [0.1, 0.15) is 27.8 Å². The summed E-state index contributed by atoms with van der Waals surface area (Å²) in [6, 6.07) is 14.4. The summed E-state index contributed by atoms with van der Waals surface area (Å²) in [6.45, 7) is 6.74. The Hall–Kier alpha value is -3.52. The van der Waals surface area contributed by atoms with Crippen LogP contribution in [0.4, 0.5) is 5.00 Å². The van der Waals surface area contributed by atoms with Crippen LogP contribution in [0.25, 0.3) is 11.1 Å². The summed E-state index contributed by atoms with van der Waals surface area (Å²) >= 11 is 1.26. The normalized spacial score (nSPS) is 10.4. The van der Waals surface area contributed by atoms with Crippen LogP contribution in [0.3, 0.4) is 0 Å². The predicted octanol–water partition coefficient (Wildman–Crippen LogP) is 5.41. The van der Waals surface area contributed by atoms with E-state index in [4.69, 9.17) is 18.9 Å². The first-order chi connectivity index (χ1) is 16.0. The molecular formula is C25H27NO6S. The highest BCUT2D eigenvalue weighted by molar-refractivity contribution is 7.15. The number of rotatable bonds is 11. The van der Waals surface area contributed by atoms with Gasteiger partial charge in [-0.25, -0.2) is 4.79 Å². The standard InChI is InChI=1S/C25H27NO6S/c1-4-29-18-9-7-17(8-10-18)21-16-33-24(23(21)25(28)31-6-3)26-22(27)15-32-20-13-11-19(12-14-20)30-5-2/h7-14,16H,4-6,15H2,1-3H3,(H,26,27). The smallest absolute Gasteiger partial charge is 0.341 e. The largest absolute Gasteiger partial charge is 0.494 e. The van der Waals surface area contributed by atoms with E-state index < -0.39 is 5.97 Å². The monoisotopic (exact) mass is 469 g/mol. The number of hydrogen-bond donors (Lipinski definition) is 1. The minimum Gasteiger partial charge on any atom is -0.494 e. The third-order valence-corrected chi connectivity index (χ3v) is 5.40. The second kappa shape index (κ2) is 11.9. The van der Waals surface area contributed by atoms with Gasteiger partial charge in [0.2, 0.25) is 0 Å². The lowest BCUT2D eigenvalue weighted by Gasteiger charge is -2.10. The highest BCUT2D eigenvalue weighted by Gasteiger charge is 2.23. The zero-order valence-electron chi connectivity index (χ0n) is 18.9. The fourth-order valence-electron chi connectivity index (χ4n) is 3.08. The number of ether oxygens (including phenoxy) is 4. The number of amides is 1. The molecule has 1 aromatic heterocycles. The average Bonchev–Trinajstić information content (AvgIpc) is 3.23. The summed E-state index contributed by atoms with van der Waals surface area (Å²) in [5.41, 5.74) is 1.83.